The molecule has 3 nitrogen and oxygen atoms in total. The van der Waals surface area contributed by atoms with Crippen LogP contribution in [0.2, 0.25) is 0 Å². The van der Waals surface area contributed by atoms with Crippen LogP contribution in [0.5, 0.6) is 0 Å². The molecule has 0 fully saturated rings. The summed E-state index contributed by atoms with van der Waals surface area (Å²) in [7, 11) is 0. The molecule has 1 aromatic heterocycles. The molecule has 0 saturated heterocycles. The normalized spacial score (nSPS) is 26.9. The summed E-state index contributed by atoms with van der Waals surface area (Å²) in [5, 5.41) is 0. The highest BCUT2D eigenvalue weighted by Crippen LogP contribution is 2.38. The van der Waals surface area contributed by atoms with Gasteiger partial charge < -0.3 is 9.30 Å². The minimum atomic E-state index is -0.421. The van der Waals surface area contributed by atoms with Gasteiger partial charge in [0.2, 0.25) is 0 Å². The van der Waals surface area contributed by atoms with Gasteiger partial charge in [0, 0.05) is 18.3 Å². The van der Waals surface area contributed by atoms with Crippen molar-refractivity contribution in [2.75, 3.05) is 0 Å². The number of rotatable bonds is 7. The Labute approximate surface area is 122 Å². The van der Waals surface area contributed by atoms with E-state index < -0.39 is 5.72 Å². The van der Waals surface area contributed by atoms with Crippen molar-refractivity contribution >= 4 is 0 Å². The van der Waals surface area contributed by atoms with Crippen molar-refractivity contribution in [3.8, 4) is 0 Å². The van der Waals surface area contributed by atoms with Crippen LogP contribution in [0, 0.1) is 5.92 Å². The van der Waals surface area contributed by atoms with E-state index in [9.17, 15) is 0 Å². The van der Waals surface area contributed by atoms with Crippen molar-refractivity contribution in [3.63, 3.8) is 0 Å². The molecule has 20 heavy (non-hydrogen) atoms. The summed E-state index contributed by atoms with van der Waals surface area (Å²) in [4.78, 5) is 4.22. The zero-order chi connectivity index (χ0) is 14.4. The van der Waals surface area contributed by atoms with Gasteiger partial charge in [0.25, 0.3) is 0 Å². The Morgan fingerprint density at radius 3 is 2.80 bits per heavy atom. The number of hydrogen-bond donors (Lipinski definition) is 0. The van der Waals surface area contributed by atoms with Crippen LogP contribution in [0.25, 0.3) is 0 Å². The maximum absolute atomic E-state index is 6.51. The Kier molecular flexibility index (Phi) is 5.18. The molecule has 0 radical (unpaired) electrons. The van der Waals surface area contributed by atoms with Crippen LogP contribution in [0.4, 0.5) is 0 Å². The largest absolute Gasteiger partial charge is 0.348 e. The molecular weight excluding hydrogens is 248 g/mol. The zero-order valence-corrected chi connectivity index (χ0v) is 12.8. The molecule has 1 aliphatic carbocycles. The first-order valence-electron chi connectivity index (χ1n) is 7.75. The van der Waals surface area contributed by atoms with Crippen molar-refractivity contribution < 1.29 is 4.74 Å². The SMILES string of the molecule is CCCC(C)OC1(n2ccnc2)C=CC=CC1CCC. The molecule has 0 saturated carbocycles. The van der Waals surface area contributed by atoms with Gasteiger partial charge in [-0.3, -0.25) is 0 Å². The van der Waals surface area contributed by atoms with Crippen LogP contribution in [-0.2, 0) is 10.5 Å². The van der Waals surface area contributed by atoms with Crippen molar-refractivity contribution in [2.45, 2.75) is 58.3 Å². The fraction of sp³-hybridized carbons (Fsp3) is 0.588. The Balaban J connectivity index is 2.32. The summed E-state index contributed by atoms with van der Waals surface area (Å²) < 4.78 is 8.62. The van der Waals surface area contributed by atoms with Gasteiger partial charge in [-0.25, -0.2) is 4.98 Å². The monoisotopic (exact) mass is 274 g/mol. The van der Waals surface area contributed by atoms with Gasteiger partial charge in [0.05, 0.1) is 12.4 Å². The maximum atomic E-state index is 6.51. The fourth-order valence-corrected chi connectivity index (χ4v) is 2.99. The molecule has 1 heterocycles. The summed E-state index contributed by atoms with van der Waals surface area (Å²) in [6, 6.07) is 0. The van der Waals surface area contributed by atoms with Gasteiger partial charge >= 0.3 is 0 Å². The van der Waals surface area contributed by atoms with E-state index in [1.54, 1.807) is 0 Å². The number of hydrogen-bond acceptors (Lipinski definition) is 2. The van der Waals surface area contributed by atoms with Gasteiger partial charge in [0.15, 0.2) is 5.72 Å². The highest BCUT2D eigenvalue weighted by Gasteiger charge is 2.39. The quantitative estimate of drug-likeness (QED) is 0.742. The second kappa shape index (κ2) is 6.89. The van der Waals surface area contributed by atoms with E-state index >= 15 is 0 Å². The maximum Gasteiger partial charge on any atom is 0.171 e. The van der Waals surface area contributed by atoms with Gasteiger partial charge in [-0.15, -0.1) is 0 Å². The van der Waals surface area contributed by atoms with E-state index in [4.69, 9.17) is 4.74 Å². The molecule has 0 aromatic carbocycles. The smallest absolute Gasteiger partial charge is 0.171 e. The summed E-state index contributed by atoms with van der Waals surface area (Å²) in [6.07, 6.45) is 19.1. The number of aromatic nitrogens is 2. The Bertz CT molecular complexity index is 450. The van der Waals surface area contributed by atoms with E-state index in [1.165, 1.54) is 0 Å². The molecule has 1 aliphatic rings. The lowest BCUT2D eigenvalue weighted by molar-refractivity contribution is -0.138. The van der Waals surface area contributed by atoms with Crippen LogP contribution in [0.1, 0.15) is 46.5 Å². The second-order valence-electron chi connectivity index (χ2n) is 5.58. The number of imidazole rings is 1. The van der Waals surface area contributed by atoms with E-state index in [1.807, 2.05) is 18.7 Å². The van der Waals surface area contributed by atoms with E-state index in [2.05, 4.69) is 54.6 Å². The fourth-order valence-electron chi connectivity index (χ4n) is 2.99. The average Bonchev–Trinajstić information content (AvgIpc) is 2.96. The van der Waals surface area contributed by atoms with Crippen molar-refractivity contribution in [1.29, 1.82) is 0 Å². The predicted molar refractivity (Wildman–Crippen MR) is 82.3 cm³/mol. The molecular formula is C17H26N2O. The van der Waals surface area contributed by atoms with Crippen LogP contribution < -0.4 is 0 Å². The standard InChI is InChI=1S/C17H26N2O/c1-4-8-15(3)20-17(19-13-12-18-14-19)11-7-6-10-16(17)9-5-2/h6-7,10-16H,4-5,8-9H2,1-3H3. The summed E-state index contributed by atoms with van der Waals surface area (Å²) in [5.74, 6) is 0.353. The first kappa shape index (κ1) is 15.0. The minimum absolute atomic E-state index is 0.234. The Morgan fingerprint density at radius 2 is 2.15 bits per heavy atom. The number of nitrogens with zero attached hydrogens (tertiary/aromatic N) is 2. The lowest BCUT2D eigenvalue weighted by atomic mass is 9.86. The van der Waals surface area contributed by atoms with Crippen molar-refractivity contribution in [2.24, 2.45) is 5.92 Å². The van der Waals surface area contributed by atoms with Gasteiger partial charge in [-0.1, -0.05) is 44.9 Å². The molecule has 2 rings (SSSR count). The lowest BCUT2D eigenvalue weighted by Crippen LogP contribution is -2.44. The zero-order valence-electron chi connectivity index (χ0n) is 12.8. The third-order valence-corrected chi connectivity index (χ3v) is 3.91. The topological polar surface area (TPSA) is 27.1 Å². The Hall–Kier alpha value is -1.35. The molecule has 0 bridgehead atoms. The third kappa shape index (κ3) is 3.04. The van der Waals surface area contributed by atoms with Crippen molar-refractivity contribution in [3.05, 3.63) is 43.0 Å². The highest BCUT2D eigenvalue weighted by atomic mass is 16.5. The number of allylic oxidation sites excluding steroid dienone is 2. The van der Waals surface area contributed by atoms with E-state index in [0.29, 0.717) is 5.92 Å². The van der Waals surface area contributed by atoms with Gasteiger partial charge in [-0.05, 0) is 25.8 Å². The molecule has 3 unspecified atom stereocenters. The molecule has 0 spiro atoms. The second-order valence-corrected chi connectivity index (χ2v) is 5.58. The minimum Gasteiger partial charge on any atom is -0.348 e. The van der Waals surface area contributed by atoms with Crippen molar-refractivity contribution in [1.82, 2.24) is 9.55 Å². The first-order valence-corrected chi connectivity index (χ1v) is 7.75. The highest BCUT2D eigenvalue weighted by molar-refractivity contribution is 5.20. The molecule has 0 N–H and O–H groups in total. The first-order chi connectivity index (χ1) is 9.73. The molecule has 0 aliphatic heterocycles. The molecule has 3 atom stereocenters. The summed E-state index contributed by atoms with van der Waals surface area (Å²) in [6.45, 7) is 6.58. The van der Waals surface area contributed by atoms with Crippen LogP contribution >= 0.6 is 0 Å². The van der Waals surface area contributed by atoms with Crippen LogP contribution in [-0.4, -0.2) is 15.7 Å². The molecule has 1 aromatic rings. The third-order valence-electron chi connectivity index (χ3n) is 3.91. The molecule has 0 amide bonds. The predicted octanol–water partition coefficient (Wildman–Crippen LogP) is 4.28. The lowest BCUT2D eigenvalue weighted by Gasteiger charge is -2.41. The summed E-state index contributed by atoms with van der Waals surface area (Å²) in [5.41, 5.74) is -0.421. The van der Waals surface area contributed by atoms with E-state index in [0.717, 1.165) is 25.7 Å². The molecule has 110 valence electrons. The van der Waals surface area contributed by atoms with Crippen LogP contribution in [0.3, 0.4) is 0 Å². The number of ether oxygens (including phenoxy) is 1. The average molecular weight is 274 g/mol. The van der Waals surface area contributed by atoms with Gasteiger partial charge in [-0.2, -0.15) is 0 Å². The van der Waals surface area contributed by atoms with Gasteiger partial charge in [0.1, 0.15) is 0 Å². The van der Waals surface area contributed by atoms with Crippen LogP contribution in [0.15, 0.2) is 43.0 Å². The Morgan fingerprint density at radius 1 is 1.30 bits per heavy atom. The van der Waals surface area contributed by atoms with E-state index in [-0.39, 0.29) is 6.10 Å². The summed E-state index contributed by atoms with van der Waals surface area (Å²) >= 11 is 0. The molecule has 3 heteroatoms.